The zero-order chi connectivity index (χ0) is 17.8. The summed E-state index contributed by atoms with van der Waals surface area (Å²) in [6.07, 6.45) is 1.58. The molecular weight excluding hydrogens is 296 g/mol. The van der Waals surface area contributed by atoms with Crippen LogP contribution in [0.2, 0.25) is 0 Å². The summed E-state index contributed by atoms with van der Waals surface area (Å²) in [7, 11) is 0. The molecule has 23 heavy (non-hydrogen) atoms. The maximum atomic E-state index is 12.6. The fourth-order valence-electron chi connectivity index (χ4n) is 3.03. The predicted molar refractivity (Wildman–Crippen MR) is 87.8 cm³/mol. The smallest absolute Gasteiger partial charge is 0.410 e. The molecule has 1 heterocycles. The van der Waals surface area contributed by atoms with E-state index in [1.54, 1.807) is 4.90 Å². The van der Waals surface area contributed by atoms with E-state index in [0.29, 0.717) is 25.9 Å². The van der Waals surface area contributed by atoms with Crippen molar-refractivity contribution < 1.29 is 19.1 Å². The number of imide groups is 1. The first-order valence-corrected chi connectivity index (χ1v) is 8.32. The molecule has 0 aromatic carbocycles. The molecule has 1 aliphatic heterocycles. The van der Waals surface area contributed by atoms with Gasteiger partial charge in [-0.2, -0.15) is 0 Å². The molecule has 1 unspecified atom stereocenters. The Hall–Kier alpha value is -1.59. The number of amides is 3. The van der Waals surface area contributed by atoms with Crippen LogP contribution in [-0.4, -0.2) is 41.5 Å². The fourth-order valence-corrected chi connectivity index (χ4v) is 3.03. The third-order valence-electron chi connectivity index (χ3n) is 4.60. The molecule has 132 valence electrons. The van der Waals surface area contributed by atoms with Crippen molar-refractivity contribution in [1.82, 2.24) is 10.2 Å². The van der Waals surface area contributed by atoms with Gasteiger partial charge in [-0.15, -0.1) is 0 Å². The minimum Gasteiger partial charge on any atom is -0.444 e. The van der Waals surface area contributed by atoms with Crippen molar-refractivity contribution in [1.29, 1.82) is 0 Å². The first kappa shape index (κ1) is 19.5. The predicted octanol–water partition coefficient (Wildman–Crippen LogP) is 2.71. The number of nitrogens with one attached hydrogen (secondary N) is 1. The van der Waals surface area contributed by atoms with Crippen molar-refractivity contribution in [2.45, 2.75) is 66.4 Å². The topological polar surface area (TPSA) is 75.7 Å². The van der Waals surface area contributed by atoms with Crippen LogP contribution >= 0.6 is 0 Å². The highest BCUT2D eigenvalue weighted by Crippen LogP contribution is 2.41. The third kappa shape index (κ3) is 4.94. The number of carbonyl (C=O) groups excluding carboxylic acids is 3. The molecule has 1 fully saturated rings. The van der Waals surface area contributed by atoms with E-state index in [-0.39, 0.29) is 23.8 Å². The van der Waals surface area contributed by atoms with Gasteiger partial charge in [-0.05, 0) is 39.5 Å². The van der Waals surface area contributed by atoms with Crippen LogP contribution in [0, 0.1) is 11.3 Å². The molecule has 1 aliphatic rings. The Morgan fingerprint density at radius 3 is 2.13 bits per heavy atom. The highest BCUT2D eigenvalue weighted by atomic mass is 16.6. The van der Waals surface area contributed by atoms with Crippen LogP contribution in [0.4, 0.5) is 4.79 Å². The lowest BCUT2D eigenvalue weighted by atomic mass is 9.67. The summed E-state index contributed by atoms with van der Waals surface area (Å²) in [4.78, 5) is 37.6. The monoisotopic (exact) mass is 326 g/mol. The average Bonchev–Trinajstić information content (AvgIpc) is 2.43. The quantitative estimate of drug-likeness (QED) is 0.865. The Morgan fingerprint density at radius 1 is 1.22 bits per heavy atom. The normalized spacial score (nSPS) is 19.0. The Balaban J connectivity index is 2.82. The minimum atomic E-state index is -0.598. The molecular formula is C17H30N2O4. The lowest BCUT2D eigenvalue weighted by Gasteiger charge is -2.44. The van der Waals surface area contributed by atoms with Crippen LogP contribution in [0.15, 0.2) is 0 Å². The molecule has 1 atom stereocenters. The summed E-state index contributed by atoms with van der Waals surface area (Å²) < 4.78 is 5.39. The molecule has 1 saturated heterocycles. The Bertz CT molecular complexity index is 460. The van der Waals surface area contributed by atoms with Gasteiger partial charge in [0.2, 0.25) is 11.8 Å². The maximum Gasteiger partial charge on any atom is 0.410 e. The number of hydrogen-bond acceptors (Lipinski definition) is 4. The van der Waals surface area contributed by atoms with E-state index in [9.17, 15) is 14.4 Å². The molecule has 0 aromatic rings. The summed E-state index contributed by atoms with van der Waals surface area (Å²) in [5, 5.41) is 2.44. The van der Waals surface area contributed by atoms with Gasteiger partial charge in [0.1, 0.15) is 5.60 Å². The second kappa shape index (κ2) is 7.32. The van der Waals surface area contributed by atoms with E-state index in [0.717, 1.165) is 6.42 Å². The van der Waals surface area contributed by atoms with Crippen molar-refractivity contribution in [2.75, 3.05) is 13.1 Å². The van der Waals surface area contributed by atoms with Gasteiger partial charge >= 0.3 is 6.09 Å². The molecule has 1 rings (SSSR count). The van der Waals surface area contributed by atoms with E-state index >= 15 is 0 Å². The van der Waals surface area contributed by atoms with Gasteiger partial charge in [0, 0.05) is 20.0 Å². The number of piperidine rings is 1. The summed E-state index contributed by atoms with van der Waals surface area (Å²) in [6.45, 7) is 11.8. The van der Waals surface area contributed by atoms with Crippen LogP contribution in [0.5, 0.6) is 0 Å². The van der Waals surface area contributed by atoms with Gasteiger partial charge in [0.25, 0.3) is 0 Å². The number of likely N-dealkylation sites (tertiary alicyclic amines) is 1. The number of hydrogen-bond donors (Lipinski definition) is 1. The van der Waals surface area contributed by atoms with Gasteiger partial charge in [-0.3, -0.25) is 14.9 Å². The van der Waals surface area contributed by atoms with Gasteiger partial charge in [0.05, 0.1) is 5.41 Å². The molecule has 0 radical (unpaired) electrons. The molecule has 6 nitrogen and oxygen atoms in total. The van der Waals surface area contributed by atoms with Crippen molar-refractivity contribution in [3.63, 3.8) is 0 Å². The van der Waals surface area contributed by atoms with Crippen molar-refractivity contribution in [2.24, 2.45) is 11.3 Å². The average molecular weight is 326 g/mol. The SMILES string of the molecule is CCC(C)C1(C(=O)NC(C)=O)CCN(C(=O)OC(C)(C)C)CC1. The maximum absolute atomic E-state index is 12.6. The molecule has 1 N–H and O–H groups in total. The second-order valence-corrected chi connectivity index (χ2v) is 7.44. The van der Waals surface area contributed by atoms with Crippen LogP contribution in [0.3, 0.4) is 0 Å². The molecule has 0 spiro atoms. The highest BCUT2D eigenvalue weighted by Gasteiger charge is 2.46. The van der Waals surface area contributed by atoms with Gasteiger partial charge in [-0.25, -0.2) is 4.79 Å². The highest BCUT2D eigenvalue weighted by molar-refractivity contribution is 5.97. The largest absolute Gasteiger partial charge is 0.444 e. The molecule has 0 saturated carbocycles. The van der Waals surface area contributed by atoms with E-state index < -0.39 is 11.0 Å². The van der Waals surface area contributed by atoms with E-state index in [1.807, 2.05) is 34.6 Å². The molecule has 0 aromatic heterocycles. The lowest BCUT2D eigenvalue weighted by molar-refractivity contribution is -0.141. The van der Waals surface area contributed by atoms with Crippen LogP contribution in [0.1, 0.15) is 60.8 Å². The van der Waals surface area contributed by atoms with Crippen molar-refractivity contribution >= 4 is 17.9 Å². The van der Waals surface area contributed by atoms with Gasteiger partial charge in [0.15, 0.2) is 0 Å². The Morgan fingerprint density at radius 2 is 1.74 bits per heavy atom. The Kier molecular flexibility index (Phi) is 6.19. The summed E-state index contributed by atoms with van der Waals surface area (Å²) in [6, 6.07) is 0. The third-order valence-corrected chi connectivity index (χ3v) is 4.60. The molecule has 3 amide bonds. The molecule has 0 aliphatic carbocycles. The van der Waals surface area contributed by atoms with E-state index in [2.05, 4.69) is 5.32 Å². The molecule has 6 heteroatoms. The zero-order valence-corrected chi connectivity index (χ0v) is 15.2. The number of ether oxygens (including phenoxy) is 1. The summed E-state index contributed by atoms with van der Waals surface area (Å²) in [5.41, 5.74) is -1.13. The Labute approximate surface area is 138 Å². The van der Waals surface area contributed by atoms with Crippen LogP contribution < -0.4 is 5.32 Å². The van der Waals surface area contributed by atoms with Gasteiger partial charge < -0.3 is 9.64 Å². The van der Waals surface area contributed by atoms with Crippen molar-refractivity contribution in [3.8, 4) is 0 Å². The zero-order valence-electron chi connectivity index (χ0n) is 15.2. The van der Waals surface area contributed by atoms with Crippen LogP contribution in [-0.2, 0) is 14.3 Å². The fraction of sp³-hybridized carbons (Fsp3) is 0.824. The number of carbonyl (C=O) groups is 3. The van der Waals surface area contributed by atoms with E-state index in [4.69, 9.17) is 4.74 Å². The number of nitrogens with zero attached hydrogens (tertiary/aromatic N) is 1. The summed E-state index contributed by atoms with van der Waals surface area (Å²) >= 11 is 0. The second-order valence-electron chi connectivity index (χ2n) is 7.44. The number of rotatable bonds is 3. The first-order chi connectivity index (χ1) is 10.5. The van der Waals surface area contributed by atoms with Gasteiger partial charge in [-0.1, -0.05) is 20.3 Å². The lowest BCUT2D eigenvalue weighted by Crippen LogP contribution is -2.54. The van der Waals surface area contributed by atoms with Crippen molar-refractivity contribution in [3.05, 3.63) is 0 Å². The summed E-state index contributed by atoms with van der Waals surface area (Å²) in [5.74, 6) is -0.418. The first-order valence-electron chi connectivity index (χ1n) is 8.32. The van der Waals surface area contributed by atoms with Crippen LogP contribution in [0.25, 0.3) is 0 Å². The van der Waals surface area contributed by atoms with E-state index in [1.165, 1.54) is 6.92 Å². The standard InChI is InChI=1S/C17H30N2O4/c1-7-12(2)17(14(21)18-13(3)20)8-10-19(11-9-17)15(22)23-16(4,5)6/h12H,7-11H2,1-6H3,(H,18,20,21). The minimum absolute atomic E-state index is 0.141. The molecule has 0 bridgehead atoms.